The summed E-state index contributed by atoms with van der Waals surface area (Å²) >= 11 is 0. The van der Waals surface area contributed by atoms with Crippen LogP contribution in [0.2, 0.25) is 0 Å². The standard InChI is InChI=1S/C22H31N2O2.BrH/c1-5-24(4,6-2)18-17-23(3)21(25)22(26,19-13-9-7-10-14-19)20-15-11-8-12-16-20;/h7-16,26H,5-6,17-18H2,1-4H3;1H/q+1;/p-1. The highest BCUT2D eigenvalue weighted by atomic mass is 79.9. The zero-order valence-electron chi connectivity index (χ0n) is 16.7. The van der Waals surface area contributed by atoms with Crippen molar-refractivity contribution in [1.29, 1.82) is 0 Å². The van der Waals surface area contributed by atoms with Crippen molar-refractivity contribution in [2.75, 3.05) is 40.3 Å². The third-order valence-electron chi connectivity index (χ3n) is 5.54. The van der Waals surface area contributed by atoms with Gasteiger partial charge in [0.1, 0.15) is 0 Å². The highest BCUT2D eigenvalue weighted by molar-refractivity contribution is 5.90. The number of hydrogen-bond acceptors (Lipinski definition) is 2. The molecule has 0 spiro atoms. The quantitative estimate of drug-likeness (QED) is 0.588. The fraction of sp³-hybridized carbons (Fsp3) is 0.409. The maximum absolute atomic E-state index is 13.3. The van der Waals surface area contributed by atoms with E-state index in [2.05, 4.69) is 20.9 Å². The summed E-state index contributed by atoms with van der Waals surface area (Å²) in [6.45, 7) is 7.80. The normalized spacial score (nSPS) is 11.6. The molecule has 0 fully saturated rings. The van der Waals surface area contributed by atoms with Crippen molar-refractivity contribution in [3.63, 3.8) is 0 Å². The van der Waals surface area contributed by atoms with Gasteiger partial charge in [-0.2, -0.15) is 0 Å². The minimum absolute atomic E-state index is 0. The van der Waals surface area contributed by atoms with E-state index in [1.165, 1.54) is 0 Å². The Bertz CT molecular complexity index is 663. The molecule has 4 nitrogen and oxygen atoms in total. The Morgan fingerprint density at radius 2 is 1.37 bits per heavy atom. The number of hydrogen-bond donors (Lipinski definition) is 1. The molecule has 0 atom stereocenters. The van der Waals surface area contributed by atoms with Crippen LogP contribution >= 0.6 is 0 Å². The molecule has 1 N–H and O–H groups in total. The van der Waals surface area contributed by atoms with E-state index in [9.17, 15) is 9.90 Å². The zero-order chi connectivity index (χ0) is 19.2. The zero-order valence-corrected chi connectivity index (χ0v) is 18.3. The van der Waals surface area contributed by atoms with Gasteiger partial charge in [-0.1, -0.05) is 60.7 Å². The Kier molecular flexibility index (Phi) is 8.66. The summed E-state index contributed by atoms with van der Waals surface area (Å²) in [4.78, 5) is 15.0. The summed E-state index contributed by atoms with van der Waals surface area (Å²) in [5.74, 6) is -0.298. The maximum Gasteiger partial charge on any atom is 0.263 e. The van der Waals surface area contributed by atoms with Gasteiger partial charge in [0.15, 0.2) is 5.60 Å². The fourth-order valence-corrected chi connectivity index (χ4v) is 3.08. The number of carbonyl (C=O) groups excluding carboxylic acids is 1. The molecule has 2 rings (SSSR count). The molecule has 0 aromatic heterocycles. The molecule has 0 saturated carbocycles. The van der Waals surface area contributed by atoms with Crippen LogP contribution in [0.3, 0.4) is 0 Å². The minimum atomic E-state index is -1.68. The van der Waals surface area contributed by atoms with Crippen molar-refractivity contribution >= 4 is 5.91 Å². The number of carbonyl (C=O) groups is 1. The lowest BCUT2D eigenvalue weighted by Crippen LogP contribution is -3.00. The van der Waals surface area contributed by atoms with Crippen LogP contribution < -0.4 is 17.0 Å². The smallest absolute Gasteiger partial charge is 0.263 e. The molecular weight excluding hydrogens is 404 g/mol. The molecule has 0 aliphatic rings. The van der Waals surface area contributed by atoms with Crippen LogP contribution in [0.5, 0.6) is 0 Å². The molecule has 148 valence electrons. The lowest BCUT2D eigenvalue weighted by atomic mass is 9.85. The molecule has 27 heavy (non-hydrogen) atoms. The molecule has 0 bridgehead atoms. The summed E-state index contributed by atoms with van der Waals surface area (Å²) < 4.78 is 0.896. The van der Waals surface area contributed by atoms with Crippen LogP contribution in [0.15, 0.2) is 60.7 Å². The van der Waals surface area contributed by atoms with E-state index in [0.717, 1.165) is 24.1 Å². The summed E-state index contributed by atoms with van der Waals surface area (Å²) in [7, 11) is 3.97. The molecule has 5 heteroatoms. The molecule has 1 amide bonds. The first-order valence-corrected chi connectivity index (χ1v) is 9.30. The van der Waals surface area contributed by atoms with Crippen LogP contribution in [-0.4, -0.2) is 60.7 Å². The van der Waals surface area contributed by atoms with E-state index in [0.29, 0.717) is 17.7 Å². The first-order valence-electron chi connectivity index (χ1n) is 9.30. The highest BCUT2D eigenvalue weighted by Gasteiger charge is 2.42. The maximum atomic E-state index is 13.3. The lowest BCUT2D eigenvalue weighted by molar-refractivity contribution is -0.905. The van der Waals surface area contributed by atoms with E-state index in [1.54, 1.807) is 36.2 Å². The number of aliphatic hydroxyl groups is 1. The summed E-state index contributed by atoms with van der Waals surface area (Å²) in [5, 5.41) is 11.5. The predicted octanol–water partition coefficient (Wildman–Crippen LogP) is -0.129. The van der Waals surface area contributed by atoms with Gasteiger partial charge in [0.05, 0.1) is 33.2 Å². The van der Waals surface area contributed by atoms with Gasteiger partial charge in [0, 0.05) is 7.05 Å². The predicted molar refractivity (Wildman–Crippen MR) is 106 cm³/mol. The van der Waals surface area contributed by atoms with Crippen molar-refractivity contribution in [3.05, 3.63) is 71.8 Å². The van der Waals surface area contributed by atoms with Crippen LogP contribution in [-0.2, 0) is 10.4 Å². The van der Waals surface area contributed by atoms with Gasteiger partial charge in [0.2, 0.25) is 0 Å². The van der Waals surface area contributed by atoms with Gasteiger partial charge in [0.25, 0.3) is 5.91 Å². The van der Waals surface area contributed by atoms with E-state index >= 15 is 0 Å². The molecular formula is C22H31BrN2O2. The molecule has 0 radical (unpaired) electrons. The van der Waals surface area contributed by atoms with Crippen molar-refractivity contribution in [2.24, 2.45) is 0 Å². The van der Waals surface area contributed by atoms with Crippen LogP contribution in [0.1, 0.15) is 25.0 Å². The first-order chi connectivity index (χ1) is 12.4. The summed E-state index contributed by atoms with van der Waals surface area (Å²) in [6.07, 6.45) is 0. The number of rotatable bonds is 8. The monoisotopic (exact) mass is 434 g/mol. The molecule has 0 aliphatic heterocycles. The van der Waals surface area contributed by atoms with Crippen LogP contribution in [0.25, 0.3) is 0 Å². The van der Waals surface area contributed by atoms with Crippen molar-refractivity contribution in [1.82, 2.24) is 4.90 Å². The lowest BCUT2D eigenvalue weighted by Gasteiger charge is -2.36. The summed E-state index contributed by atoms with van der Waals surface area (Å²) in [5.41, 5.74) is -0.503. The number of quaternary nitrogens is 1. The van der Waals surface area contributed by atoms with Gasteiger partial charge in [-0.15, -0.1) is 0 Å². The molecule has 0 aliphatic carbocycles. The second-order valence-electron chi connectivity index (χ2n) is 7.14. The average Bonchev–Trinajstić information content (AvgIpc) is 2.71. The number of halogens is 1. The van der Waals surface area contributed by atoms with Gasteiger partial charge in [-0.05, 0) is 25.0 Å². The highest BCUT2D eigenvalue weighted by Crippen LogP contribution is 2.31. The molecule has 2 aromatic carbocycles. The second kappa shape index (κ2) is 10.0. The second-order valence-corrected chi connectivity index (χ2v) is 7.14. The van der Waals surface area contributed by atoms with Gasteiger partial charge in [-0.3, -0.25) is 4.79 Å². The Morgan fingerprint density at radius 1 is 0.963 bits per heavy atom. The topological polar surface area (TPSA) is 40.5 Å². The van der Waals surface area contributed by atoms with E-state index in [4.69, 9.17) is 0 Å². The van der Waals surface area contributed by atoms with E-state index in [1.807, 2.05) is 36.4 Å². The number of benzene rings is 2. The number of likely N-dealkylation sites (N-methyl/N-ethyl adjacent to an activating group) is 2. The Balaban J connectivity index is 0.00000364. The van der Waals surface area contributed by atoms with Crippen LogP contribution in [0, 0.1) is 0 Å². The molecule has 0 unspecified atom stereocenters. The van der Waals surface area contributed by atoms with Crippen molar-refractivity contribution < 1.29 is 31.4 Å². The fourth-order valence-electron chi connectivity index (χ4n) is 3.08. The summed E-state index contributed by atoms with van der Waals surface area (Å²) in [6, 6.07) is 18.4. The molecule has 2 aromatic rings. The number of amides is 1. The molecule has 0 heterocycles. The Morgan fingerprint density at radius 3 is 1.74 bits per heavy atom. The number of nitrogens with zero attached hydrogens (tertiary/aromatic N) is 2. The van der Waals surface area contributed by atoms with Crippen molar-refractivity contribution in [2.45, 2.75) is 19.4 Å². The van der Waals surface area contributed by atoms with Gasteiger partial charge >= 0.3 is 0 Å². The Hall–Kier alpha value is -1.69. The largest absolute Gasteiger partial charge is 1.00 e. The van der Waals surface area contributed by atoms with Crippen LogP contribution in [0.4, 0.5) is 0 Å². The third kappa shape index (κ3) is 5.18. The van der Waals surface area contributed by atoms with Gasteiger partial charge in [-0.25, -0.2) is 0 Å². The average molecular weight is 435 g/mol. The van der Waals surface area contributed by atoms with E-state index in [-0.39, 0.29) is 22.9 Å². The molecule has 0 saturated heterocycles. The minimum Gasteiger partial charge on any atom is -1.00 e. The van der Waals surface area contributed by atoms with Crippen molar-refractivity contribution in [3.8, 4) is 0 Å². The SMILES string of the molecule is CC[N+](C)(CC)CCN(C)C(=O)C(O)(c1ccccc1)c1ccccc1.[Br-]. The first kappa shape index (κ1) is 23.3. The third-order valence-corrected chi connectivity index (χ3v) is 5.54. The van der Waals surface area contributed by atoms with Gasteiger partial charge < -0.3 is 31.5 Å². The van der Waals surface area contributed by atoms with E-state index < -0.39 is 5.60 Å². The Labute approximate surface area is 173 Å².